The van der Waals surface area contributed by atoms with Crippen LogP contribution in [0.3, 0.4) is 0 Å². The molecule has 0 N–H and O–H groups in total. The average molecular weight is 345 g/mol. The summed E-state index contributed by atoms with van der Waals surface area (Å²) in [5, 5.41) is 0. The summed E-state index contributed by atoms with van der Waals surface area (Å²) < 4.78 is 22.2. The Kier molecular flexibility index (Phi) is 20.0. The fourth-order valence-electron chi connectivity index (χ4n) is 2.20. The lowest BCUT2D eigenvalue weighted by atomic mass is 10.2. The van der Waals surface area contributed by atoms with Crippen molar-refractivity contribution in [2.75, 3.05) is 26.6 Å². The molecular weight excluding hydrogens is 304 g/mol. The first-order valence-corrected chi connectivity index (χ1v) is 9.92. The third kappa shape index (κ3) is 17.8. The van der Waals surface area contributed by atoms with Gasteiger partial charge in [0.15, 0.2) is 13.1 Å². The first kappa shape index (κ1) is 23.4. The molecule has 144 valence electrons. The van der Waals surface area contributed by atoms with Crippen molar-refractivity contribution in [3.63, 3.8) is 0 Å². The Morgan fingerprint density at radius 3 is 2.17 bits per heavy atom. The second-order valence-corrected chi connectivity index (χ2v) is 6.08. The number of rotatable bonds is 19. The van der Waals surface area contributed by atoms with E-state index in [4.69, 9.17) is 18.9 Å². The van der Waals surface area contributed by atoms with Crippen molar-refractivity contribution in [3.05, 3.63) is 12.3 Å². The Morgan fingerprint density at radius 1 is 0.750 bits per heavy atom. The van der Waals surface area contributed by atoms with Gasteiger partial charge in [-0.25, -0.2) is 0 Å². The summed E-state index contributed by atoms with van der Waals surface area (Å²) in [5.41, 5.74) is 0. The van der Waals surface area contributed by atoms with Gasteiger partial charge in [0.25, 0.3) is 0 Å². The highest BCUT2D eigenvalue weighted by Gasteiger charge is 2.07. The molecule has 0 aromatic carbocycles. The molecule has 0 amide bonds. The molecule has 24 heavy (non-hydrogen) atoms. The Morgan fingerprint density at radius 2 is 1.50 bits per heavy atom. The highest BCUT2D eigenvalue weighted by Crippen LogP contribution is 2.10. The molecule has 0 saturated heterocycles. The summed E-state index contributed by atoms with van der Waals surface area (Å²) in [7, 11) is 0. The fraction of sp³-hybridized carbons (Fsp3) is 0.900. The summed E-state index contributed by atoms with van der Waals surface area (Å²) >= 11 is 0. The van der Waals surface area contributed by atoms with E-state index in [-0.39, 0.29) is 6.29 Å². The first-order chi connectivity index (χ1) is 11.8. The highest BCUT2D eigenvalue weighted by atomic mass is 16.7. The minimum absolute atomic E-state index is 0.0359. The molecule has 0 radical (unpaired) electrons. The van der Waals surface area contributed by atoms with E-state index in [1.54, 1.807) is 6.26 Å². The zero-order valence-corrected chi connectivity index (χ0v) is 16.3. The molecule has 0 aliphatic heterocycles. The predicted molar refractivity (Wildman–Crippen MR) is 99.9 cm³/mol. The average Bonchev–Trinajstić information content (AvgIpc) is 2.60. The Labute approximate surface area is 149 Å². The zero-order valence-electron chi connectivity index (χ0n) is 16.3. The Hall–Kier alpha value is -0.580. The third-order valence-electron chi connectivity index (χ3n) is 3.56. The van der Waals surface area contributed by atoms with Crippen molar-refractivity contribution in [2.45, 2.75) is 91.3 Å². The van der Waals surface area contributed by atoms with Gasteiger partial charge in [-0.1, -0.05) is 40.0 Å². The van der Waals surface area contributed by atoms with Crippen molar-refractivity contribution in [1.82, 2.24) is 0 Å². The van der Waals surface area contributed by atoms with E-state index in [0.717, 1.165) is 64.8 Å². The minimum Gasteiger partial charge on any atom is -0.475 e. The van der Waals surface area contributed by atoms with Crippen LogP contribution in [0.5, 0.6) is 0 Å². The van der Waals surface area contributed by atoms with E-state index in [1.165, 1.54) is 19.3 Å². The van der Waals surface area contributed by atoms with Gasteiger partial charge in [0.05, 0.1) is 12.9 Å². The van der Waals surface area contributed by atoms with Crippen LogP contribution in [0.2, 0.25) is 0 Å². The number of allylic oxidation sites excluding steroid dienone is 1. The molecule has 0 rings (SSSR count). The smallest absolute Gasteiger partial charge is 0.188 e. The van der Waals surface area contributed by atoms with E-state index < -0.39 is 0 Å². The van der Waals surface area contributed by atoms with Gasteiger partial charge in [-0.2, -0.15) is 0 Å². The monoisotopic (exact) mass is 344 g/mol. The topological polar surface area (TPSA) is 36.9 Å². The van der Waals surface area contributed by atoms with Gasteiger partial charge >= 0.3 is 0 Å². The van der Waals surface area contributed by atoms with Crippen molar-refractivity contribution in [2.24, 2.45) is 0 Å². The lowest BCUT2D eigenvalue weighted by Gasteiger charge is -2.17. The van der Waals surface area contributed by atoms with Gasteiger partial charge in [-0.3, -0.25) is 0 Å². The van der Waals surface area contributed by atoms with Gasteiger partial charge in [-0.05, 0) is 51.0 Å². The lowest BCUT2D eigenvalue weighted by molar-refractivity contribution is -0.146. The summed E-state index contributed by atoms with van der Waals surface area (Å²) in [4.78, 5) is 0. The van der Waals surface area contributed by atoms with Gasteiger partial charge in [-0.15, -0.1) is 0 Å². The fourth-order valence-corrected chi connectivity index (χ4v) is 2.20. The molecule has 4 heteroatoms. The zero-order chi connectivity index (χ0) is 17.7. The maximum absolute atomic E-state index is 5.72. The van der Waals surface area contributed by atoms with Crippen molar-refractivity contribution >= 4 is 0 Å². The molecule has 0 bridgehead atoms. The minimum atomic E-state index is -0.0359. The quantitative estimate of drug-likeness (QED) is 0.168. The van der Waals surface area contributed by atoms with Gasteiger partial charge in [0, 0.05) is 13.2 Å². The summed E-state index contributed by atoms with van der Waals surface area (Å²) in [6, 6.07) is 0. The molecule has 0 heterocycles. The van der Waals surface area contributed by atoms with Crippen LogP contribution in [0.4, 0.5) is 0 Å². The van der Waals surface area contributed by atoms with Crippen LogP contribution in [-0.4, -0.2) is 32.9 Å². The van der Waals surface area contributed by atoms with Crippen LogP contribution < -0.4 is 0 Å². The standard InChI is InChI=1S/C20H40O4/c1-4-7-8-12-17-21-19-22-18-13-10-9-11-14-20(23-15-5-2)24-16-6-3/h13,18,20H,4-12,14-17,19H2,1-3H3. The van der Waals surface area contributed by atoms with Crippen LogP contribution in [0, 0.1) is 0 Å². The van der Waals surface area contributed by atoms with Crippen molar-refractivity contribution < 1.29 is 18.9 Å². The predicted octanol–water partition coefficient (Wildman–Crippen LogP) is 5.81. The molecule has 0 aliphatic carbocycles. The van der Waals surface area contributed by atoms with Gasteiger partial charge in [0.1, 0.15) is 0 Å². The van der Waals surface area contributed by atoms with Crippen LogP contribution >= 0.6 is 0 Å². The van der Waals surface area contributed by atoms with Crippen molar-refractivity contribution in [1.29, 1.82) is 0 Å². The van der Waals surface area contributed by atoms with E-state index in [9.17, 15) is 0 Å². The van der Waals surface area contributed by atoms with Crippen LogP contribution in [-0.2, 0) is 18.9 Å². The molecular formula is C20H40O4. The van der Waals surface area contributed by atoms with Gasteiger partial charge in [0.2, 0.25) is 0 Å². The van der Waals surface area contributed by atoms with E-state index in [0.29, 0.717) is 6.79 Å². The summed E-state index contributed by atoms with van der Waals surface area (Å²) in [5.74, 6) is 0. The number of ether oxygens (including phenoxy) is 4. The summed E-state index contributed by atoms with van der Waals surface area (Å²) in [6.45, 7) is 9.17. The maximum atomic E-state index is 5.72. The van der Waals surface area contributed by atoms with E-state index >= 15 is 0 Å². The third-order valence-corrected chi connectivity index (χ3v) is 3.56. The SMILES string of the molecule is CCCCCCOCOC=CCCCCC(OCCC)OCCC. The lowest BCUT2D eigenvalue weighted by Crippen LogP contribution is -2.18. The second-order valence-electron chi connectivity index (χ2n) is 6.08. The number of hydrogen-bond donors (Lipinski definition) is 0. The molecule has 0 atom stereocenters. The van der Waals surface area contributed by atoms with Crippen LogP contribution in [0.15, 0.2) is 12.3 Å². The van der Waals surface area contributed by atoms with Crippen LogP contribution in [0.1, 0.15) is 85.0 Å². The first-order valence-electron chi connectivity index (χ1n) is 9.92. The molecule has 0 aromatic heterocycles. The largest absolute Gasteiger partial charge is 0.475 e. The van der Waals surface area contributed by atoms with E-state index in [2.05, 4.69) is 26.8 Å². The number of unbranched alkanes of at least 4 members (excludes halogenated alkanes) is 5. The molecule has 0 saturated carbocycles. The maximum Gasteiger partial charge on any atom is 0.188 e. The molecule has 0 fully saturated rings. The van der Waals surface area contributed by atoms with Gasteiger partial charge < -0.3 is 18.9 Å². The molecule has 0 unspecified atom stereocenters. The number of hydrogen-bond acceptors (Lipinski definition) is 4. The van der Waals surface area contributed by atoms with Crippen LogP contribution in [0.25, 0.3) is 0 Å². The van der Waals surface area contributed by atoms with Crippen molar-refractivity contribution in [3.8, 4) is 0 Å². The highest BCUT2D eigenvalue weighted by molar-refractivity contribution is 4.72. The second kappa shape index (κ2) is 20.5. The van der Waals surface area contributed by atoms with E-state index in [1.807, 2.05) is 0 Å². The molecule has 0 spiro atoms. The molecule has 4 nitrogen and oxygen atoms in total. The Bertz CT molecular complexity index is 248. The molecule has 0 aromatic rings. The normalized spacial score (nSPS) is 11.7. The summed E-state index contributed by atoms with van der Waals surface area (Å²) in [6.07, 6.45) is 15.0. The Balaban J connectivity index is 3.42. The molecule has 0 aliphatic rings.